The van der Waals surface area contributed by atoms with Crippen molar-refractivity contribution in [2.75, 3.05) is 19.7 Å². The molecule has 2 aromatic rings. The van der Waals surface area contributed by atoms with E-state index in [4.69, 9.17) is 4.74 Å². The molecule has 0 saturated carbocycles. The van der Waals surface area contributed by atoms with Gasteiger partial charge in [0.1, 0.15) is 0 Å². The van der Waals surface area contributed by atoms with Crippen LogP contribution >= 0.6 is 0 Å². The fourth-order valence-corrected chi connectivity index (χ4v) is 1.92. The fraction of sp³-hybridized carbons (Fsp3) is 0.333. The highest BCUT2D eigenvalue weighted by Gasteiger charge is 2.17. The molecule has 19 heavy (non-hydrogen) atoms. The van der Waals surface area contributed by atoms with Gasteiger partial charge in [-0.1, -0.05) is 29.8 Å². The topological polar surface area (TPSA) is 47.0 Å². The first-order chi connectivity index (χ1) is 9.31. The van der Waals surface area contributed by atoms with Crippen LogP contribution < -0.4 is 10.1 Å². The van der Waals surface area contributed by atoms with E-state index in [1.807, 2.05) is 12.1 Å². The van der Waals surface area contributed by atoms with Crippen molar-refractivity contribution in [2.24, 2.45) is 5.92 Å². The molecule has 1 aliphatic rings. The van der Waals surface area contributed by atoms with Gasteiger partial charge in [-0.15, -0.1) is 0 Å². The highest BCUT2D eigenvalue weighted by molar-refractivity contribution is 5.55. The molecule has 1 aromatic carbocycles. The van der Waals surface area contributed by atoms with Gasteiger partial charge in [0.25, 0.3) is 0 Å². The summed E-state index contributed by atoms with van der Waals surface area (Å²) in [6.45, 7) is 4.89. The van der Waals surface area contributed by atoms with Gasteiger partial charge in [0, 0.05) is 24.6 Å². The van der Waals surface area contributed by atoms with Crippen molar-refractivity contribution >= 4 is 0 Å². The number of nitrogens with zero attached hydrogens (tertiary/aromatic N) is 2. The molecular formula is C15H17N3O. The zero-order valence-electron chi connectivity index (χ0n) is 11.0. The summed E-state index contributed by atoms with van der Waals surface area (Å²) in [6, 6.07) is 8.19. The maximum absolute atomic E-state index is 5.65. The van der Waals surface area contributed by atoms with E-state index >= 15 is 0 Å². The SMILES string of the molecule is Cc1ccc(-c2ncc(OCC3CNC3)cn2)cc1. The van der Waals surface area contributed by atoms with Gasteiger partial charge in [-0.2, -0.15) is 0 Å². The quantitative estimate of drug-likeness (QED) is 0.908. The Hall–Kier alpha value is -1.94. The Bertz CT molecular complexity index is 532. The monoisotopic (exact) mass is 255 g/mol. The number of aryl methyl sites for hydroxylation is 1. The summed E-state index contributed by atoms with van der Waals surface area (Å²) in [5.74, 6) is 2.09. The second-order valence-corrected chi connectivity index (χ2v) is 4.94. The Kier molecular flexibility index (Phi) is 3.42. The van der Waals surface area contributed by atoms with Gasteiger partial charge in [-0.25, -0.2) is 9.97 Å². The van der Waals surface area contributed by atoms with Crippen LogP contribution in [0, 0.1) is 12.8 Å². The van der Waals surface area contributed by atoms with Crippen molar-refractivity contribution in [3.8, 4) is 17.1 Å². The van der Waals surface area contributed by atoms with Crippen molar-refractivity contribution in [3.63, 3.8) is 0 Å². The number of nitrogens with one attached hydrogen (secondary N) is 1. The molecule has 0 radical (unpaired) electrons. The molecule has 1 saturated heterocycles. The van der Waals surface area contributed by atoms with Crippen LogP contribution in [-0.2, 0) is 0 Å². The van der Waals surface area contributed by atoms with Crippen LogP contribution in [0.25, 0.3) is 11.4 Å². The van der Waals surface area contributed by atoms with Crippen molar-refractivity contribution in [1.29, 1.82) is 0 Å². The highest BCUT2D eigenvalue weighted by atomic mass is 16.5. The van der Waals surface area contributed by atoms with Gasteiger partial charge >= 0.3 is 0 Å². The summed E-state index contributed by atoms with van der Waals surface area (Å²) in [5, 5.41) is 3.22. The van der Waals surface area contributed by atoms with Crippen LogP contribution in [0.4, 0.5) is 0 Å². The summed E-state index contributed by atoms with van der Waals surface area (Å²) in [4.78, 5) is 8.70. The number of rotatable bonds is 4. The lowest BCUT2D eigenvalue weighted by Crippen LogP contribution is -2.45. The van der Waals surface area contributed by atoms with E-state index in [-0.39, 0.29) is 0 Å². The summed E-state index contributed by atoms with van der Waals surface area (Å²) in [6.07, 6.45) is 3.49. The molecule has 1 N–H and O–H groups in total. The molecule has 0 unspecified atom stereocenters. The lowest BCUT2D eigenvalue weighted by atomic mass is 10.1. The number of ether oxygens (including phenoxy) is 1. The molecule has 1 aliphatic heterocycles. The van der Waals surface area contributed by atoms with Crippen molar-refractivity contribution in [2.45, 2.75) is 6.92 Å². The van der Waals surface area contributed by atoms with Crippen molar-refractivity contribution in [3.05, 3.63) is 42.2 Å². The van der Waals surface area contributed by atoms with Gasteiger partial charge in [-0.3, -0.25) is 0 Å². The Labute approximate surface area is 112 Å². The molecule has 2 heterocycles. The minimum absolute atomic E-state index is 0.622. The van der Waals surface area contributed by atoms with Gasteiger partial charge in [0.15, 0.2) is 11.6 Å². The average Bonchev–Trinajstić information content (AvgIpc) is 2.39. The van der Waals surface area contributed by atoms with Crippen molar-refractivity contribution in [1.82, 2.24) is 15.3 Å². The van der Waals surface area contributed by atoms with E-state index in [0.717, 1.165) is 36.8 Å². The van der Waals surface area contributed by atoms with Crippen LogP contribution in [0.15, 0.2) is 36.7 Å². The van der Waals surface area contributed by atoms with Crippen LogP contribution in [0.3, 0.4) is 0 Å². The predicted octanol–water partition coefficient (Wildman–Crippen LogP) is 2.05. The molecule has 0 atom stereocenters. The molecule has 0 aliphatic carbocycles. The Morgan fingerprint density at radius 2 is 1.84 bits per heavy atom. The number of hydrogen-bond acceptors (Lipinski definition) is 4. The largest absolute Gasteiger partial charge is 0.490 e. The minimum atomic E-state index is 0.622. The van der Waals surface area contributed by atoms with Crippen LogP contribution in [0.5, 0.6) is 5.75 Å². The highest BCUT2D eigenvalue weighted by Crippen LogP contribution is 2.17. The molecule has 0 spiro atoms. The first-order valence-corrected chi connectivity index (χ1v) is 6.54. The Morgan fingerprint density at radius 1 is 1.16 bits per heavy atom. The second kappa shape index (κ2) is 5.36. The molecule has 4 nitrogen and oxygen atoms in total. The fourth-order valence-electron chi connectivity index (χ4n) is 1.92. The number of hydrogen-bond donors (Lipinski definition) is 1. The standard InChI is InChI=1S/C15H17N3O/c1-11-2-4-13(5-3-11)15-17-8-14(9-18-15)19-10-12-6-16-7-12/h2-5,8-9,12,16H,6-7,10H2,1H3. The third kappa shape index (κ3) is 2.90. The summed E-state index contributed by atoms with van der Waals surface area (Å²) < 4.78 is 5.65. The molecular weight excluding hydrogens is 238 g/mol. The lowest BCUT2D eigenvalue weighted by molar-refractivity contribution is 0.198. The van der Waals surface area contributed by atoms with E-state index < -0.39 is 0 Å². The summed E-state index contributed by atoms with van der Waals surface area (Å²) in [5.41, 5.74) is 2.26. The Balaban J connectivity index is 1.65. The van der Waals surface area contributed by atoms with Gasteiger partial charge in [0.05, 0.1) is 19.0 Å². The van der Waals surface area contributed by atoms with Gasteiger partial charge in [-0.05, 0) is 6.92 Å². The normalized spacial score (nSPS) is 15.0. The first-order valence-electron chi connectivity index (χ1n) is 6.54. The molecule has 1 aromatic heterocycles. The molecule has 1 fully saturated rings. The zero-order chi connectivity index (χ0) is 13.1. The Morgan fingerprint density at radius 3 is 2.42 bits per heavy atom. The minimum Gasteiger partial charge on any atom is -0.490 e. The van der Waals surface area contributed by atoms with E-state index in [1.165, 1.54) is 5.56 Å². The molecule has 0 amide bonds. The summed E-state index contributed by atoms with van der Waals surface area (Å²) >= 11 is 0. The van der Waals surface area contributed by atoms with Crippen molar-refractivity contribution < 1.29 is 4.74 Å². The first kappa shape index (κ1) is 12.1. The van der Waals surface area contributed by atoms with Gasteiger partial charge < -0.3 is 10.1 Å². The predicted molar refractivity (Wildman–Crippen MR) is 74.1 cm³/mol. The maximum atomic E-state index is 5.65. The van der Waals surface area contributed by atoms with Crippen LogP contribution in [-0.4, -0.2) is 29.7 Å². The molecule has 3 rings (SSSR count). The van der Waals surface area contributed by atoms with E-state index in [0.29, 0.717) is 5.92 Å². The maximum Gasteiger partial charge on any atom is 0.159 e. The van der Waals surface area contributed by atoms with E-state index in [2.05, 4.69) is 34.3 Å². The smallest absolute Gasteiger partial charge is 0.159 e. The third-order valence-electron chi connectivity index (χ3n) is 3.29. The van der Waals surface area contributed by atoms with Crippen LogP contribution in [0.2, 0.25) is 0 Å². The van der Waals surface area contributed by atoms with Crippen LogP contribution in [0.1, 0.15) is 5.56 Å². The summed E-state index contributed by atoms with van der Waals surface area (Å²) in [7, 11) is 0. The third-order valence-corrected chi connectivity index (χ3v) is 3.29. The zero-order valence-corrected chi connectivity index (χ0v) is 11.0. The molecule has 4 heteroatoms. The van der Waals surface area contributed by atoms with Gasteiger partial charge in [0.2, 0.25) is 0 Å². The average molecular weight is 255 g/mol. The second-order valence-electron chi connectivity index (χ2n) is 4.94. The van der Waals surface area contributed by atoms with E-state index in [1.54, 1.807) is 12.4 Å². The van der Waals surface area contributed by atoms with E-state index in [9.17, 15) is 0 Å². The number of benzene rings is 1. The lowest BCUT2D eigenvalue weighted by Gasteiger charge is -2.26. The number of aromatic nitrogens is 2. The molecule has 0 bridgehead atoms. The molecule has 98 valence electrons.